The molecule has 1 heteroatoms. The molecule has 1 nitrogen and oxygen atoms in total. The maximum Gasteiger partial charge on any atom is 0.159 e. The van der Waals surface area contributed by atoms with Crippen LogP contribution >= 0.6 is 0 Å². The number of hydrogen-bond acceptors (Lipinski definition) is 1. The molecular weight excluding hydrogens is 244 g/mol. The largest absolute Gasteiger partial charge is 0.295 e. The molecule has 0 radical (unpaired) electrons. The van der Waals surface area contributed by atoms with Gasteiger partial charge in [-0.15, -0.1) is 0 Å². The van der Waals surface area contributed by atoms with E-state index < -0.39 is 0 Å². The van der Waals surface area contributed by atoms with Crippen molar-refractivity contribution in [3.63, 3.8) is 0 Å². The fourth-order valence-electron chi connectivity index (χ4n) is 4.08. The Morgan fingerprint density at radius 1 is 0.850 bits per heavy atom. The van der Waals surface area contributed by atoms with Crippen LogP contribution in [0.4, 0.5) is 0 Å². The normalized spacial score (nSPS) is 18.1. The Hall–Kier alpha value is -1.89. The van der Waals surface area contributed by atoms with E-state index in [1.165, 1.54) is 35.1 Å². The lowest BCUT2D eigenvalue weighted by Gasteiger charge is -2.21. The molecule has 2 aliphatic rings. The molecule has 0 N–H and O–H groups in total. The molecule has 0 saturated carbocycles. The number of benzene rings is 2. The molecule has 20 heavy (non-hydrogen) atoms. The first kappa shape index (κ1) is 11.9. The first-order valence-corrected chi connectivity index (χ1v) is 7.35. The Labute approximate surface area is 119 Å². The van der Waals surface area contributed by atoms with Gasteiger partial charge in [0.25, 0.3) is 0 Å². The molecule has 0 unspecified atom stereocenters. The van der Waals surface area contributed by atoms with Crippen molar-refractivity contribution in [1.29, 1.82) is 0 Å². The van der Waals surface area contributed by atoms with Crippen LogP contribution in [0.1, 0.15) is 39.5 Å². The highest BCUT2D eigenvalue weighted by Crippen LogP contribution is 2.47. The van der Waals surface area contributed by atoms with Gasteiger partial charge in [0.1, 0.15) is 0 Å². The molecule has 0 amide bonds. The number of carbonyl (C=O) groups excluding carboxylic acids is 1. The summed E-state index contributed by atoms with van der Waals surface area (Å²) in [5.74, 6) is 0.170. The maximum atomic E-state index is 11.5. The number of ketones is 1. The van der Waals surface area contributed by atoms with Gasteiger partial charge in [0.2, 0.25) is 0 Å². The Bertz CT molecular complexity index is 686. The molecule has 0 heterocycles. The highest BCUT2D eigenvalue weighted by atomic mass is 16.1. The predicted molar refractivity (Wildman–Crippen MR) is 80.1 cm³/mol. The van der Waals surface area contributed by atoms with E-state index in [1.807, 2.05) is 6.07 Å². The van der Waals surface area contributed by atoms with E-state index in [2.05, 4.69) is 36.4 Å². The second-order valence-electron chi connectivity index (χ2n) is 6.52. The van der Waals surface area contributed by atoms with Crippen LogP contribution in [0.3, 0.4) is 0 Å². The van der Waals surface area contributed by atoms with E-state index in [0.29, 0.717) is 5.41 Å². The molecule has 0 bridgehead atoms. The maximum absolute atomic E-state index is 11.5. The first-order valence-electron chi connectivity index (χ1n) is 7.35. The lowest BCUT2D eigenvalue weighted by atomic mass is 9.82. The number of fused-ring (bicyclic) bond motifs is 2. The average molecular weight is 262 g/mol. The van der Waals surface area contributed by atoms with Crippen molar-refractivity contribution in [2.24, 2.45) is 5.41 Å². The van der Waals surface area contributed by atoms with Crippen LogP contribution in [0.25, 0.3) is 0 Å². The summed E-state index contributed by atoms with van der Waals surface area (Å²) in [7, 11) is 0. The SMILES string of the molecule is CC(=O)c1ccc2c(c1)CC1(Cc3ccccc3C1)C2. The summed E-state index contributed by atoms with van der Waals surface area (Å²) < 4.78 is 0. The number of rotatable bonds is 1. The number of hydrogen-bond donors (Lipinski definition) is 0. The molecule has 0 aromatic heterocycles. The smallest absolute Gasteiger partial charge is 0.159 e. The van der Waals surface area contributed by atoms with E-state index in [4.69, 9.17) is 0 Å². The van der Waals surface area contributed by atoms with Crippen LogP contribution in [-0.2, 0) is 25.7 Å². The third kappa shape index (κ3) is 1.73. The monoisotopic (exact) mass is 262 g/mol. The zero-order valence-corrected chi connectivity index (χ0v) is 11.8. The zero-order valence-electron chi connectivity index (χ0n) is 11.8. The van der Waals surface area contributed by atoms with Crippen molar-refractivity contribution in [1.82, 2.24) is 0 Å². The van der Waals surface area contributed by atoms with Crippen molar-refractivity contribution >= 4 is 5.78 Å². The van der Waals surface area contributed by atoms with Gasteiger partial charge in [-0.25, -0.2) is 0 Å². The minimum atomic E-state index is 0.170. The molecule has 0 atom stereocenters. The Morgan fingerprint density at radius 3 is 2.00 bits per heavy atom. The van der Waals surface area contributed by atoms with Crippen molar-refractivity contribution in [2.75, 3.05) is 0 Å². The van der Waals surface area contributed by atoms with E-state index in [9.17, 15) is 4.79 Å². The average Bonchev–Trinajstić information content (AvgIpc) is 2.95. The van der Waals surface area contributed by atoms with Gasteiger partial charge in [0, 0.05) is 5.56 Å². The molecule has 100 valence electrons. The summed E-state index contributed by atoms with van der Waals surface area (Å²) in [6, 6.07) is 15.1. The molecule has 2 aliphatic carbocycles. The van der Waals surface area contributed by atoms with Gasteiger partial charge in [0.15, 0.2) is 5.78 Å². The molecular formula is C19H18O. The molecule has 0 fully saturated rings. The van der Waals surface area contributed by atoms with Crippen LogP contribution < -0.4 is 0 Å². The molecule has 2 aromatic carbocycles. The topological polar surface area (TPSA) is 17.1 Å². The van der Waals surface area contributed by atoms with E-state index in [0.717, 1.165) is 18.4 Å². The van der Waals surface area contributed by atoms with E-state index >= 15 is 0 Å². The molecule has 1 spiro atoms. The lowest BCUT2D eigenvalue weighted by molar-refractivity contribution is 0.101. The van der Waals surface area contributed by atoms with E-state index in [-0.39, 0.29) is 5.78 Å². The summed E-state index contributed by atoms with van der Waals surface area (Å²) in [6.07, 6.45) is 4.66. The third-order valence-electron chi connectivity index (χ3n) is 4.99. The van der Waals surface area contributed by atoms with Gasteiger partial charge in [-0.3, -0.25) is 4.79 Å². The summed E-state index contributed by atoms with van der Waals surface area (Å²) in [4.78, 5) is 11.5. The van der Waals surface area contributed by atoms with Gasteiger partial charge >= 0.3 is 0 Å². The van der Waals surface area contributed by atoms with Crippen molar-refractivity contribution in [2.45, 2.75) is 32.6 Å². The Morgan fingerprint density at radius 2 is 1.40 bits per heavy atom. The van der Waals surface area contributed by atoms with Crippen LogP contribution in [0.5, 0.6) is 0 Å². The fourth-order valence-corrected chi connectivity index (χ4v) is 4.08. The number of carbonyl (C=O) groups is 1. The second-order valence-corrected chi connectivity index (χ2v) is 6.52. The van der Waals surface area contributed by atoms with Crippen LogP contribution in [0.15, 0.2) is 42.5 Å². The standard InChI is InChI=1S/C19H18O/c1-13(20)14-6-7-17-11-19(12-18(17)8-14)9-15-4-2-3-5-16(15)10-19/h2-8H,9-12H2,1H3. The molecule has 2 aromatic rings. The van der Waals surface area contributed by atoms with Gasteiger partial charge in [0.05, 0.1) is 0 Å². The number of Topliss-reactive ketones (excluding diaryl/α,β-unsaturated/α-hetero) is 1. The summed E-state index contributed by atoms with van der Waals surface area (Å²) in [6.45, 7) is 1.65. The molecule has 0 aliphatic heterocycles. The molecule has 4 rings (SSSR count). The predicted octanol–water partition coefficient (Wildman–Crippen LogP) is 3.77. The van der Waals surface area contributed by atoms with Gasteiger partial charge in [-0.1, -0.05) is 36.4 Å². The highest BCUT2D eigenvalue weighted by molar-refractivity contribution is 5.94. The van der Waals surface area contributed by atoms with Crippen LogP contribution in [0.2, 0.25) is 0 Å². The minimum Gasteiger partial charge on any atom is -0.295 e. The second kappa shape index (κ2) is 4.05. The fraction of sp³-hybridized carbons (Fsp3) is 0.316. The lowest BCUT2D eigenvalue weighted by Crippen LogP contribution is -2.21. The van der Waals surface area contributed by atoms with Crippen molar-refractivity contribution in [3.8, 4) is 0 Å². The van der Waals surface area contributed by atoms with Crippen molar-refractivity contribution in [3.05, 3.63) is 70.3 Å². The Balaban J connectivity index is 1.68. The third-order valence-corrected chi connectivity index (χ3v) is 4.99. The van der Waals surface area contributed by atoms with Crippen LogP contribution in [-0.4, -0.2) is 5.78 Å². The molecule has 0 saturated heterocycles. The zero-order chi connectivity index (χ0) is 13.7. The van der Waals surface area contributed by atoms with E-state index in [1.54, 1.807) is 6.92 Å². The Kier molecular flexibility index (Phi) is 2.41. The highest BCUT2D eigenvalue weighted by Gasteiger charge is 2.41. The van der Waals surface area contributed by atoms with Gasteiger partial charge in [-0.05, 0) is 66.3 Å². The minimum absolute atomic E-state index is 0.170. The summed E-state index contributed by atoms with van der Waals surface area (Å²) in [5.41, 5.74) is 7.12. The first-order chi connectivity index (χ1) is 9.65. The quantitative estimate of drug-likeness (QED) is 0.715. The van der Waals surface area contributed by atoms with Gasteiger partial charge in [-0.2, -0.15) is 0 Å². The van der Waals surface area contributed by atoms with Crippen molar-refractivity contribution < 1.29 is 4.79 Å². The van der Waals surface area contributed by atoms with Crippen LogP contribution in [0, 0.1) is 5.41 Å². The summed E-state index contributed by atoms with van der Waals surface area (Å²) >= 11 is 0. The van der Waals surface area contributed by atoms with Gasteiger partial charge < -0.3 is 0 Å². The summed E-state index contributed by atoms with van der Waals surface area (Å²) in [5, 5.41) is 0.